The van der Waals surface area contributed by atoms with Gasteiger partial charge in [-0.1, -0.05) is 29.8 Å². The maximum atomic E-state index is 13.7. The van der Waals surface area contributed by atoms with Crippen molar-refractivity contribution in [2.45, 2.75) is 38.9 Å². The number of nitrogens with two attached hydrogens (primary N) is 2. The van der Waals surface area contributed by atoms with Gasteiger partial charge >= 0.3 is 0 Å². The molecule has 3 rings (SSSR count). The fourth-order valence-corrected chi connectivity index (χ4v) is 4.12. The average molecular weight is 490 g/mol. The van der Waals surface area contributed by atoms with Gasteiger partial charge in [0.1, 0.15) is 10.6 Å². The second-order valence-electron chi connectivity index (χ2n) is 8.32. The van der Waals surface area contributed by atoms with Crippen molar-refractivity contribution in [3.05, 3.63) is 69.6 Å². The van der Waals surface area contributed by atoms with Crippen LogP contribution in [0.15, 0.2) is 47.1 Å². The van der Waals surface area contributed by atoms with E-state index in [9.17, 15) is 14.4 Å². The van der Waals surface area contributed by atoms with Crippen LogP contribution in [0.2, 0.25) is 5.02 Å². The highest BCUT2D eigenvalue weighted by molar-refractivity contribution is 7.09. The number of aromatic nitrogens is 1. The van der Waals surface area contributed by atoms with E-state index in [4.69, 9.17) is 27.5 Å². The summed E-state index contributed by atoms with van der Waals surface area (Å²) in [7, 11) is 0. The molecule has 0 radical (unpaired) electrons. The number of rotatable bonds is 7. The SMILES string of the molecule is CC(C)(C)NC(=O)[C@H](c1ccco1)N(Cc1ccccc1Cl)C(=O)c1snc(C(N)=O)c1N. The van der Waals surface area contributed by atoms with Gasteiger partial charge < -0.3 is 26.1 Å². The van der Waals surface area contributed by atoms with Crippen LogP contribution >= 0.6 is 23.1 Å². The van der Waals surface area contributed by atoms with Crippen molar-refractivity contribution < 1.29 is 18.8 Å². The third-order valence-electron chi connectivity index (χ3n) is 4.59. The fraction of sp³-hybridized carbons (Fsp3) is 0.273. The number of carbonyl (C=O) groups is 3. The van der Waals surface area contributed by atoms with Gasteiger partial charge in [-0.05, 0) is 56.1 Å². The molecule has 11 heteroatoms. The first-order valence-electron chi connectivity index (χ1n) is 9.94. The Kier molecular flexibility index (Phi) is 7.09. The van der Waals surface area contributed by atoms with Gasteiger partial charge in [0, 0.05) is 17.1 Å². The second kappa shape index (κ2) is 9.63. The van der Waals surface area contributed by atoms with E-state index >= 15 is 0 Å². The number of halogens is 1. The maximum Gasteiger partial charge on any atom is 0.270 e. The minimum Gasteiger partial charge on any atom is -0.467 e. The van der Waals surface area contributed by atoms with Crippen LogP contribution in [0.3, 0.4) is 0 Å². The minimum atomic E-state index is -1.15. The second-order valence-corrected chi connectivity index (χ2v) is 9.50. The number of hydrogen-bond acceptors (Lipinski definition) is 7. The average Bonchev–Trinajstić information content (AvgIpc) is 3.37. The molecule has 2 heterocycles. The molecular weight excluding hydrogens is 466 g/mol. The van der Waals surface area contributed by atoms with Crippen LogP contribution in [-0.4, -0.2) is 32.5 Å². The number of primary amides is 1. The topological polar surface area (TPSA) is 145 Å². The Hall–Kier alpha value is -3.37. The van der Waals surface area contributed by atoms with Crippen molar-refractivity contribution in [2.24, 2.45) is 5.73 Å². The van der Waals surface area contributed by atoms with E-state index in [1.54, 1.807) is 36.4 Å². The van der Waals surface area contributed by atoms with Crippen LogP contribution in [-0.2, 0) is 11.3 Å². The van der Waals surface area contributed by atoms with Crippen molar-refractivity contribution in [2.75, 3.05) is 5.73 Å². The molecule has 9 nitrogen and oxygen atoms in total. The van der Waals surface area contributed by atoms with Gasteiger partial charge in [0.2, 0.25) is 0 Å². The molecule has 0 aliphatic heterocycles. The molecular formula is C22H24ClN5O4S. The Morgan fingerprint density at radius 2 is 1.91 bits per heavy atom. The molecule has 2 aromatic heterocycles. The van der Waals surface area contributed by atoms with E-state index in [2.05, 4.69) is 9.69 Å². The van der Waals surface area contributed by atoms with Gasteiger partial charge in [0.05, 0.1) is 12.0 Å². The largest absolute Gasteiger partial charge is 0.467 e. The summed E-state index contributed by atoms with van der Waals surface area (Å²) >= 11 is 7.09. The van der Waals surface area contributed by atoms with Crippen LogP contribution in [0.1, 0.15) is 58.3 Å². The Morgan fingerprint density at radius 3 is 2.45 bits per heavy atom. The lowest BCUT2D eigenvalue weighted by Gasteiger charge is -2.32. The van der Waals surface area contributed by atoms with Crippen molar-refractivity contribution in [3.8, 4) is 0 Å². The van der Waals surface area contributed by atoms with Crippen LogP contribution in [0.25, 0.3) is 0 Å². The lowest BCUT2D eigenvalue weighted by molar-refractivity contribution is -0.128. The quantitative estimate of drug-likeness (QED) is 0.464. The molecule has 0 spiro atoms. The van der Waals surface area contributed by atoms with Crippen LogP contribution in [0, 0.1) is 0 Å². The summed E-state index contributed by atoms with van der Waals surface area (Å²) < 4.78 is 9.45. The molecule has 174 valence electrons. The number of furan rings is 1. The number of benzene rings is 1. The molecule has 3 aromatic rings. The standard InChI is InChI=1S/C22H24ClN5O4S/c1-22(2,3)26-20(30)17(14-9-6-10-32-14)28(11-12-7-4-5-8-13(12)23)21(31)18-15(24)16(19(25)29)27-33-18/h4-10,17H,11,24H2,1-3H3,(H2,25,29)(H,26,30)/t17-/m0/s1. The highest BCUT2D eigenvalue weighted by Crippen LogP contribution is 2.32. The zero-order chi connectivity index (χ0) is 24.3. The van der Waals surface area contributed by atoms with E-state index in [-0.39, 0.29) is 28.6 Å². The molecule has 0 fully saturated rings. The molecule has 0 aliphatic rings. The molecule has 3 amide bonds. The van der Waals surface area contributed by atoms with Crippen molar-refractivity contribution in [3.63, 3.8) is 0 Å². The Labute approximate surface area is 199 Å². The number of nitrogen functional groups attached to an aromatic ring is 1. The zero-order valence-electron chi connectivity index (χ0n) is 18.3. The highest BCUT2D eigenvalue weighted by atomic mass is 35.5. The van der Waals surface area contributed by atoms with E-state index in [1.165, 1.54) is 11.2 Å². The summed E-state index contributed by atoms with van der Waals surface area (Å²) in [4.78, 5) is 40.0. The number of carbonyl (C=O) groups excluding carboxylic acids is 3. The van der Waals surface area contributed by atoms with Crippen LogP contribution in [0.4, 0.5) is 5.69 Å². The summed E-state index contributed by atoms with van der Waals surface area (Å²) in [6.07, 6.45) is 1.41. The normalized spacial score (nSPS) is 12.2. The van der Waals surface area contributed by atoms with E-state index in [1.807, 2.05) is 20.8 Å². The summed E-state index contributed by atoms with van der Waals surface area (Å²) in [6, 6.07) is 9.03. The molecule has 0 bridgehead atoms. The first kappa shape index (κ1) is 24.3. The first-order chi connectivity index (χ1) is 15.5. The third kappa shape index (κ3) is 5.52. The van der Waals surface area contributed by atoms with Gasteiger partial charge in [0.15, 0.2) is 11.7 Å². The van der Waals surface area contributed by atoms with E-state index in [0.717, 1.165) is 11.5 Å². The highest BCUT2D eigenvalue weighted by Gasteiger charge is 2.37. The Bertz CT molecular complexity index is 1170. The van der Waals surface area contributed by atoms with Crippen LogP contribution in [0.5, 0.6) is 0 Å². The molecule has 1 aromatic carbocycles. The van der Waals surface area contributed by atoms with E-state index < -0.39 is 29.3 Å². The molecule has 0 aliphatic carbocycles. The predicted octanol–water partition coefficient (Wildman–Crippen LogP) is 3.37. The molecule has 0 unspecified atom stereocenters. The molecule has 0 saturated heterocycles. The van der Waals surface area contributed by atoms with Gasteiger partial charge in [-0.15, -0.1) is 0 Å². The lowest BCUT2D eigenvalue weighted by Crippen LogP contribution is -2.49. The molecule has 1 atom stereocenters. The molecule has 33 heavy (non-hydrogen) atoms. The number of amides is 3. The number of anilines is 1. The zero-order valence-corrected chi connectivity index (χ0v) is 19.9. The summed E-state index contributed by atoms with van der Waals surface area (Å²) in [5.74, 6) is -1.69. The van der Waals surface area contributed by atoms with Crippen LogP contribution < -0.4 is 16.8 Å². The van der Waals surface area contributed by atoms with Crippen molar-refractivity contribution in [1.82, 2.24) is 14.6 Å². The monoisotopic (exact) mass is 489 g/mol. The van der Waals surface area contributed by atoms with E-state index in [0.29, 0.717) is 10.6 Å². The minimum absolute atomic E-state index is 0.0176. The summed E-state index contributed by atoms with van der Waals surface area (Å²) in [5.41, 5.74) is 11.0. The molecule has 5 N–H and O–H groups in total. The Balaban J connectivity index is 2.13. The van der Waals surface area contributed by atoms with Gasteiger partial charge in [0.25, 0.3) is 17.7 Å². The van der Waals surface area contributed by atoms with Gasteiger partial charge in [-0.3, -0.25) is 14.4 Å². The van der Waals surface area contributed by atoms with Crippen molar-refractivity contribution in [1.29, 1.82) is 0 Å². The maximum absolute atomic E-state index is 13.7. The molecule has 0 saturated carbocycles. The van der Waals surface area contributed by atoms with Gasteiger partial charge in [-0.2, -0.15) is 4.37 Å². The van der Waals surface area contributed by atoms with Gasteiger partial charge in [-0.25, -0.2) is 0 Å². The summed E-state index contributed by atoms with van der Waals surface area (Å²) in [5, 5.41) is 3.31. The summed E-state index contributed by atoms with van der Waals surface area (Å²) in [6.45, 7) is 5.44. The predicted molar refractivity (Wildman–Crippen MR) is 126 cm³/mol. The number of nitrogens with zero attached hydrogens (tertiary/aromatic N) is 2. The smallest absolute Gasteiger partial charge is 0.270 e. The Morgan fingerprint density at radius 1 is 1.21 bits per heavy atom. The fourth-order valence-electron chi connectivity index (χ4n) is 3.16. The third-order valence-corrected chi connectivity index (χ3v) is 5.81. The number of hydrogen-bond donors (Lipinski definition) is 3. The lowest BCUT2D eigenvalue weighted by atomic mass is 10.0. The first-order valence-corrected chi connectivity index (χ1v) is 11.1. The van der Waals surface area contributed by atoms with Crippen molar-refractivity contribution >= 4 is 46.5 Å². The number of nitrogens with one attached hydrogen (secondary N) is 1.